The minimum Gasteiger partial charge on any atom is -0.756 e. The Bertz CT molecular complexity index is 1830. The largest absolute Gasteiger partial charge is 0.756 e. The predicted octanol–water partition coefficient (Wildman–Crippen LogP) is 25.4. The number of ether oxygens (including phenoxy) is 2. The third kappa shape index (κ3) is 76.2. The van der Waals surface area contributed by atoms with E-state index in [4.69, 9.17) is 18.5 Å². The Morgan fingerprint density at radius 3 is 0.924 bits per heavy atom. The van der Waals surface area contributed by atoms with Gasteiger partial charge in [-0.05, 0) is 89.9 Å². The fourth-order valence-corrected chi connectivity index (χ4v) is 12.2. The first-order chi connectivity index (χ1) is 45.0. The molecule has 0 N–H and O–H groups in total. The predicted molar refractivity (Wildman–Crippen MR) is 397 cm³/mol. The van der Waals surface area contributed by atoms with E-state index in [0.29, 0.717) is 17.4 Å². The summed E-state index contributed by atoms with van der Waals surface area (Å²) >= 11 is 0. The molecular weight excluding hydrogens is 1160 g/mol. The molecular formula is C82H150NO8P. The van der Waals surface area contributed by atoms with Gasteiger partial charge >= 0.3 is 11.9 Å². The standard InChI is InChI=1S/C82H150NO8P/c1-6-8-10-12-14-16-18-20-22-24-26-28-30-32-34-35-36-37-38-39-40-41-42-43-44-45-46-47-49-51-53-55-57-59-61-63-65-67-69-71-73-75-82(85)91-80(79-90-92(86,87)89-77-76-83(3,4)5)78-88-81(84)74-72-70-68-66-64-62-60-58-56-54-52-50-48-33-31-29-27-25-23-21-19-17-15-13-11-9-7-2/h8,10,14,16,19-22,25-28,31,33,80H,6-7,9,11-13,15,17-18,23-24,29-30,32,34-79H2,1-5H3/b10-8-,16-14-,21-19-,22-20-,27-25-,28-26-,33-31-. The van der Waals surface area contributed by atoms with Crippen LogP contribution in [0.1, 0.15) is 373 Å². The Hall–Kier alpha value is -2.81. The zero-order valence-corrected chi connectivity index (χ0v) is 62.1. The summed E-state index contributed by atoms with van der Waals surface area (Å²) in [5.41, 5.74) is 0. The van der Waals surface area contributed by atoms with Crippen molar-refractivity contribution in [2.24, 2.45) is 0 Å². The number of esters is 2. The molecule has 0 aromatic heterocycles. The van der Waals surface area contributed by atoms with Crippen LogP contribution in [0.3, 0.4) is 0 Å². The van der Waals surface area contributed by atoms with Gasteiger partial charge in [0.15, 0.2) is 6.10 Å². The molecule has 0 aromatic carbocycles. The van der Waals surface area contributed by atoms with Gasteiger partial charge in [-0.2, -0.15) is 0 Å². The number of phosphoric acid groups is 1. The highest BCUT2D eigenvalue weighted by Crippen LogP contribution is 2.38. The molecule has 0 aromatic rings. The van der Waals surface area contributed by atoms with Gasteiger partial charge in [-0.25, -0.2) is 0 Å². The maximum absolute atomic E-state index is 12.9. The van der Waals surface area contributed by atoms with Gasteiger partial charge in [0.25, 0.3) is 7.82 Å². The van der Waals surface area contributed by atoms with E-state index < -0.39 is 26.5 Å². The van der Waals surface area contributed by atoms with Gasteiger partial charge in [-0.1, -0.05) is 356 Å². The van der Waals surface area contributed by atoms with E-state index in [0.717, 1.165) is 70.6 Å². The van der Waals surface area contributed by atoms with E-state index in [2.05, 4.69) is 98.9 Å². The van der Waals surface area contributed by atoms with Crippen molar-refractivity contribution in [2.45, 2.75) is 380 Å². The monoisotopic (exact) mass is 1310 g/mol. The first-order valence-electron chi connectivity index (χ1n) is 39.3. The average Bonchev–Trinajstić information content (AvgIpc) is 2.23. The van der Waals surface area contributed by atoms with E-state index in [9.17, 15) is 19.0 Å². The maximum atomic E-state index is 12.9. The maximum Gasteiger partial charge on any atom is 0.306 e. The number of hydrogen-bond acceptors (Lipinski definition) is 8. The number of rotatable bonds is 73. The molecule has 0 bridgehead atoms. The van der Waals surface area contributed by atoms with Crippen molar-refractivity contribution in [2.75, 3.05) is 47.5 Å². The summed E-state index contributed by atoms with van der Waals surface area (Å²) in [5.74, 6) is -0.819. The lowest BCUT2D eigenvalue weighted by Crippen LogP contribution is -2.37. The molecule has 10 heteroatoms. The SMILES string of the molecule is CC/C=C\C/C=C\C/C=C\C/C=C\CCCCCCCCCCCCCCCCCCCCCCCCCCCCCCC(=O)OC(COC(=O)CCCCCCCCCCCCCC/C=C\C/C=C\C/C=C\CCCCCCC)COP(=O)([O-])OCC[N+](C)(C)C. The van der Waals surface area contributed by atoms with Gasteiger partial charge in [0.05, 0.1) is 27.7 Å². The third-order valence-electron chi connectivity index (χ3n) is 17.4. The second-order valence-electron chi connectivity index (χ2n) is 27.7. The van der Waals surface area contributed by atoms with E-state index in [1.807, 2.05) is 21.1 Å². The lowest BCUT2D eigenvalue weighted by Gasteiger charge is -2.28. The van der Waals surface area contributed by atoms with Crippen LogP contribution >= 0.6 is 7.82 Å². The Morgan fingerprint density at radius 2 is 0.620 bits per heavy atom. The molecule has 0 amide bonds. The first kappa shape index (κ1) is 89.2. The van der Waals surface area contributed by atoms with Crippen LogP contribution in [0.2, 0.25) is 0 Å². The zero-order chi connectivity index (χ0) is 66.9. The molecule has 0 saturated heterocycles. The number of likely N-dealkylation sites (N-methyl/N-ethyl adjacent to an activating group) is 1. The molecule has 0 saturated carbocycles. The molecule has 0 fully saturated rings. The minimum absolute atomic E-state index is 0.0308. The zero-order valence-electron chi connectivity index (χ0n) is 61.2. The molecule has 536 valence electrons. The lowest BCUT2D eigenvalue weighted by molar-refractivity contribution is -0.870. The molecule has 92 heavy (non-hydrogen) atoms. The van der Waals surface area contributed by atoms with Crippen molar-refractivity contribution >= 4 is 19.8 Å². The van der Waals surface area contributed by atoms with Crippen LogP contribution in [0.15, 0.2) is 85.1 Å². The Balaban J connectivity index is 3.91. The van der Waals surface area contributed by atoms with E-state index in [-0.39, 0.29) is 32.0 Å². The lowest BCUT2D eigenvalue weighted by atomic mass is 10.0. The van der Waals surface area contributed by atoms with Crippen LogP contribution in [0, 0.1) is 0 Å². The molecule has 0 spiro atoms. The minimum atomic E-state index is -4.65. The summed E-state index contributed by atoms with van der Waals surface area (Å²) in [4.78, 5) is 38.1. The van der Waals surface area contributed by atoms with E-state index >= 15 is 0 Å². The second-order valence-corrected chi connectivity index (χ2v) is 29.1. The highest BCUT2D eigenvalue weighted by molar-refractivity contribution is 7.45. The number of quaternary nitrogens is 1. The van der Waals surface area contributed by atoms with E-state index in [1.54, 1.807) is 0 Å². The highest BCUT2D eigenvalue weighted by atomic mass is 31.2. The molecule has 0 aliphatic carbocycles. The van der Waals surface area contributed by atoms with Gasteiger partial charge in [-0.3, -0.25) is 14.2 Å². The number of phosphoric ester groups is 1. The van der Waals surface area contributed by atoms with Crippen molar-refractivity contribution in [3.8, 4) is 0 Å². The summed E-state index contributed by atoms with van der Waals surface area (Å²) in [6, 6.07) is 0. The van der Waals surface area contributed by atoms with E-state index in [1.165, 1.54) is 270 Å². The number of unbranched alkanes of at least 4 members (excludes halogenated alkanes) is 45. The molecule has 9 nitrogen and oxygen atoms in total. The normalized spacial score (nSPS) is 13.5. The van der Waals surface area contributed by atoms with Crippen LogP contribution in [0.25, 0.3) is 0 Å². The Kier molecular flexibility index (Phi) is 70.2. The highest BCUT2D eigenvalue weighted by Gasteiger charge is 2.22. The smallest absolute Gasteiger partial charge is 0.306 e. The molecule has 0 radical (unpaired) electrons. The molecule has 0 aliphatic heterocycles. The number of allylic oxidation sites excluding steroid dienone is 14. The number of carbonyl (C=O) groups excluding carboxylic acids is 2. The van der Waals surface area contributed by atoms with Crippen LogP contribution in [-0.2, 0) is 32.7 Å². The second kappa shape index (κ2) is 72.5. The first-order valence-corrected chi connectivity index (χ1v) is 40.8. The average molecular weight is 1310 g/mol. The number of hydrogen-bond donors (Lipinski definition) is 0. The number of carbonyl (C=O) groups is 2. The topological polar surface area (TPSA) is 111 Å². The van der Waals surface area contributed by atoms with Crippen LogP contribution in [0.5, 0.6) is 0 Å². The van der Waals surface area contributed by atoms with Gasteiger partial charge in [0.2, 0.25) is 0 Å². The Labute approximate surface area is 571 Å². The van der Waals surface area contributed by atoms with Crippen molar-refractivity contribution in [1.29, 1.82) is 0 Å². The van der Waals surface area contributed by atoms with Crippen LogP contribution < -0.4 is 4.89 Å². The molecule has 2 atom stereocenters. The summed E-state index contributed by atoms with van der Waals surface area (Å²) in [5, 5.41) is 0. The number of nitrogens with zero attached hydrogens (tertiary/aromatic N) is 1. The van der Waals surface area contributed by atoms with Crippen molar-refractivity contribution in [3.63, 3.8) is 0 Å². The quantitative estimate of drug-likeness (QED) is 0.0195. The third-order valence-corrected chi connectivity index (χ3v) is 18.4. The summed E-state index contributed by atoms with van der Waals surface area (Å²) in [6.45, 7) is 4.17. The van der Waals surface area contributed by atoms with Crippen LogP contribution in [-0.4, -0.2) is 70.0 Å². The molecule has 0 rings (SSSR count). The molecule has 0 aliphatic rings. The fourth-order valence-electron chi connectivity index (χ4n) is 11.4. The summed E-state index contributed by atoms with van der Waals surface area (Å²) in [6.07, 6.45) is 99.9. The summed E-state index contributed by atoms with van der Waals surface area (Å²) in [7, 11) is 1.18. The Morgan fingerprint density at radius 1 is 0.348 bits per heavy atom. The van der Waals surface area contributed by atoms with Gasteiger partial charge in [0, 0.05) is 12.8 Å². The molecule has 2 unspecified atom stereocenters. The van der Waals surface area contributed by atoms with Crippen molar-refractivity contribution in [1.82, 2.24) is 0 Å². The molecule has 0 heterocycles. The van der Waals surface area contributed by atoms with Crippen LogP contribution in [0.4, 0.5) is 0 Å². The van der Waals surface area contributed by atoms with Gasteiger partial charge < -0.3 is 27.9 Å². The van der Waals surface area contributed by atoms with Gasteiger partial charge in [0.1, 0.15) is 19.8 Å². The fraction of sp³-hybridized carbons (Fsp3) is 0.805. The van der Waals surface area contributed by atoms with Gasteiger partial charge in [-0.15, -0.1) is 0 Å². The van der Waals surface area contributed by atoms with Crippen molar-refractivity contribution < 1.29 is 42.1 Å². The summed E-state index contributed by atoms with van der Waals surface area (Å²) < 4.78 is 34.4. The van der Waals surface area contributed by atoms with Crippen molar-refractivity contribution in [3.05, 3.63) is 85.1 Å².